The standard InChI is InChI=1S/C15H14N4O2/c1-2-21-15(20)19-14-17-12-6-5-10(8-13(12)18-14)11-4-3-7-16-9-11/h3-9H,2H2,1H3,(H2,17,18,19,20). The Balaban J connectivity index is 1.90. The van der Waals surface area contributed by atoms with Crippen LogP contribution in [0.15, 0.2) is 42.7 Å². The fourth-order valence-electron chi connectivity index (χ4n) is 2.05. The average Bonchev–Trinajstić information content (AvgIpc) is 2.89. The highest BCUT2D eigenvalue weighted by Gasteiger charge is 2.08. The maximum Gasteiger partial charge on any atom is 0.413 e. The molecule has 3 aromatic rings. The number of anilines is 1. The topological polar surface area (TPSA) is 79.9 Å². The molecule has 2 N–H and O–H groups in total. The summed E-state index contributed by atoms with van der Waals surface area (Å²) in [5.74, 6) is 0.367. The number of rotatable bonds is 3. The molecule has 0 atom stereocenters. The van der Waals surface area contributed by atoms with Gasteiger partial charge in [-0.1, -0.05) is 12.1 Å². The van der Waals surface area contributed by atoms with Gasteiger partial charge in [0.1, 0.15) is 0 Å². The van der Waals surface area contributed by atoms with Gasteiger partial charge in [0.15, 0.2) is 0 Å². The number of aromatic amines is 1. The molecule has 0 radical (unpaired) electrons. The lowest BCUT2D eigenvalue weighted by Crippen LogP contribution is -2.14. The van der Waals surface area contributed by atoms with E-state index in [1.165, 1.54) is 0 Å². The van der Waals surface area contributed by atoms with E-state index in [9.17, 15) is 4.79 Å². The number of nitrogens with one attached hydrogen (secondary N) is 2. The summed E-state index contributed by atoms with van der Waals surface area (Å²) in [5, 5.41) is 2.55. The first-order valence-electron chi connectivity index (χ1n) is 6.60. The molecule has 1 amide bonds. The molecule has 1 aromatic carbocycles. The summed E-state index contributed by atoms with van der Waals surface area (Å²) in [6, 6.07) is 9.71. The van der Waals surface area contributed by atoms with Crippen molar-refractivity contribution in [2.75, 3.05) is 11.9 Å². The van der Waals surface area contributed by atoms with Crippen molar-refractivity contribution >= 4 is 23.1 Å². The number of pyridine rings is 1. The van der Waals surface area contributed by atoms with Crippen molar-refractivity contribution in [3.05, 3.63) is 42.7 Å². The number of fused-ring (bicyclic) bond motifs is 1. The average molecular weight is 282 g/mol. The van der Waals surface area contributed by atoms with E-state index in [0.717, 1.165) is 22.2 Å². The second-order valence-corrected chi connectivity index (χ2v) is 4.40. The van der Waals surface area contributed by atoms with Gasteiger partial charge in [-0.25, -0.2) is 9.78 Å². The van der Waals surface area contributed by atoms with Gasteiger partial charge in [0.05, 0.1) is 17.6 Å². The van der Waals surface area contributed by atoms with Crippen LogP contribution in [0.5, 0.6) is 0 Å². The maximum absolute atomic E-state index is 11.4. The normalized spacial score (nSPS) is 10.5. The first-order valence-corrected chi connectivity index (χ1v) is 6.60. The van der Waals surface area contributed by atoms with E-state index in [1.54, 1.807) is 19.3 Å². The maximum atomic E-state index is 11.4. The molecule has 0 spiro atoms. The van der Waals surface area contributed by atoms with Crippen molar-refractivity contribution < 1.29 is 9.53 Å². The minimum absolute atomic E-state index is 0.317. The SMILES string of the molecule is CCOC(=O)Nc1nc2ccc(-c3cccnc3)cc2[nH]1. The molecule has 0 aliphatic heterocycles. The Labute approximate surface area is 121 Å². The summed E-state index contributed by atoms with van der Waals surface area (Å²) in [6.07, 6.45) is 3.01. The number of ether oxygens (including phenoxy) is 1. The van der Waals surface area contributed by atoms with Gasteiger partial charge in [-0.3, -0.25) is 10.3 Å². The molecule has 0 saturated heterocycles. The number of amides is 1. The molecular formula is C15H14N4O2. The van der Waals surface area contributed by atoms with Crippen molar-refractivity contribution in [3.8, 4) is 11.1 Å². The van der Waals surface area contributed by atoms with Crippen molar-refractivity contribution in [3.63, 3.8) is 0 Å². The van der Waals surface area contributed by atoms with Crippen molar-refractivity contribution in [2.45, 2.75) is 6.92 Å². The number of hydrogen-bond acceptors (Lipinski definition) is 4. The minimum atomic E-state index is -0.524. The Kier molecular flexibility index (Phi) is 3.51. The van der Waals surface area contributed by atoms with Gasteiger partial charge in [-0.2, -0.15) is 0 Å². The number of hydrogen-bond donors (Lipinski definition) is 2. The summed E-state index contributed by atoms with van der Waals surface area (Å²) < 4.78 is 4.82. The Morgan fingerprint density at radius 3 is 3.00 bits per heavy atom. The number of aromatic nitrogens is 3. The number of nitrogens with zero attached hydrogens (tertiary/aromatic N) is 2. The van der Waals surface area contributed by atoms with Crippen molar-refractivity contribution in [2.24, 2.45) is 0 Å². The lowest BCUT2D eigenvalue weighted by atomic mass is 10.1. The molecule has 21 heavy (non-hydrogen) atoms. The number of H-pyrrole nitrogens is 1. The predicted molar refractivity (Wildman–Crippen MR) is 80.0 cm³/mol. The van der Waals surface area contributed by atoms with Gasteiger partial charge in [0.25, 0.3) is 0 Å². The van der Waals surface area contributed by atoms with Crippen LogP contribution in [0, 0.1) is 0 Å². The summed E-state index contributed by atoms with van der Waals surface area (Å²) in [4.78, 5) is 22.8. The van der Waals surface area contributed by atoms with Gasteiger partial charge in [-0.15, -0.1) is 0 Å². The number of imidazole rings is 1. The molecule has 0 saturated carbocycles. The van der Waals surface area contributed by atoms with Gasteiger partial charge in [0.2, 0.25) is 5.95 Å². The molecule has 0 bridgehead atoms. The largest absolute Gasteiger partial charge is 0.450 e. The Morgan fingerprint density at radius 1 is 1.33 bits per heavy atom. The van der Waals surface area contributed by atoms with Gasteiger partial charge in [0, 0.05) is 18.0 Å². The highest BCUT2D eigenvalue weighted by molar-refractivity contribution is 5.88. The van der Waals surface area contributed by atoms with E-state index < -0.39 is 6.09 Å². The predicted octanol–water partition coefficient (Wildman–Crippen LogP) is 3.19. The van der Waals surface area contributed by atoms with Crippen LogP contribution in [-0.4, -0.2) is 27.7 Å². The van der Waals surface area contributed by atoms with E-state index in [1.807, 2.05) is 30.3 Å². The molecule has 6 nitrogen and oxygen atoms in total. The van der Waals surface area contributed by atoms with E-state index in [4.69, 9.17) is 4.74 Å². The molecular weight excluding hydrogens is 268 g/mol. The fourth-order valence-corrected chi connectivity index (χ4v) is 2.05. The molecule has 3 rings (SSSR count). The van der Waals surface area contributed by atoms with Gasteiger partial charge < -0.3 is 9.72 Å². The second-order valence-electron chi connectivity index (χ2n) is 4.40. The van der Waals surface area contributed by atoms with Crippen LogP contribution in [-0.2, 0) is 4.74 Å². The number of benzene rings is 1. The van der Waals surface area contributed by atoms with Crippen molar-refractivity contribution in [1.29, 1.82) is 0 Å². The third kappa shape index (κ3) is 2.84. The van der Waals surface area contributed by atoms with E-state index in [2.05, 4.69) is 20.3 Å². The van der Waals surface area contributed by atoms with Crippen LogP contribution < -0.4 is 5.32 Å². The zero-order chi connectivity index (χ0) is 14.7. The summed E-state index contributed by atoms with van der Waals surface area (Å²) >= 11 is 0. The molecule has 6 heteroatoms. The molecule has 2 heterocycles. The van der Waals surface area contributed by atoms with Crippen LogP contribution in [0.2, 0.25) is 0 Å². The zero-order valence-electron chi connectivity index (χ0n) is 11.5. The Hall–Kier alpha value is -2.89. The smallest absolute Gasteiger partial charge is 0.413 e. The van der Waals surface area contributed by atoms with Crippen molar-refractivity contribution in [1.82, 2.24) is 15.0 Å². The molecule has 0 aliphatic carbocycles. The monoisotopic (exact) mass is 282 g/mol. The molecule has 0 aliphatic rings. The van der Waals surface area contributed by atoms with E-state index in [0.29, 0.717) is 12.6 Å². The lowest BCUT2D eigenvalue weighted by Gasteiger charge is -2.00. The fraction of sp³-hybridized carbons (Fsp3) is 0.133. The second kappa shape index (κ2) is 5.62. The van der Waals surface area contributed by atoms with Gasteiger partial charge >= 0.3 is 6.09 Å². The third-order valence-corrected chi connectivity index (χ3v) is 2.97. The minimum Gasteiger partial charge on any atom is -0.450 e. The third-order valence-electron chi connectivity index (χ3n) is 2.97. The first-order chi connectivity index (χ1) is 10.3. The Bertz CT molecular complexity index is 768. The van der Waals surface area contributed by atoms with Crippen LogP contribution >= 0.6 is 0 Å². The van der Waals surface area contributed by atoms with E-state index >= 15 is 0 Å². The highest BCUT2D eigenvalue weighted by Crippen LogP contribution is 2.23. The Morgan fingerprint density at radius 2 is 2.24 bits per heavy atom. The van der Waals surface area contributed by atoms with Gasteiger partial charge in [-0.05, 0) is 30.7 Å². The summed E-state index contributed by atoms with van der Waals surface area (Å²) in [7, 11) is 0. The lowest BCUT2D eigenvalue weighted by molar-refractivity contribution is 0.167. The molecule has 0 unspecified atom stereocenters. The first kappa shape index (κ1) is 13.1. The van der Waals surface area contributed by atoms with Crippen LogP contribution in [0.25, 0.3) is 22.2 Å². The molecule has 0 fully saturated rings. The quantitative estimate of drug-likeness (QED) is 0.773. The van der Waals surface area contributed by atoms with Crippen LogP contribution in [0.3, 0.4) is 0 Å². The summed E-state index contributed by atoms with van der Waals surface area (Å²) in [5.41, 5.74) is 3.66. The van der Waals surface area contributed by atoms with Crippen LogP contribution in [0.1, 0.15) is 6.92 Å². The molecule has 106 valence electrons. The highest BCUT2D eigenvalue weighted by atomic mass is 16.5. The number of carbonyl (C=O) groups excluding carboxylic acids is 1. The zero-order valence-corrected chi connectivity index (χ0v) is 11.5. The number of carbonyl (C=O) groups is 1. The van der Waals surface area contributed by atoms with E-state index in [-0.39, 0.29) is 0 Å². The van der Waals surface area contributed by atoms with Crippen LogP contribution in [0.4, 0.5) is 10.7 Å². The molecule has 2 aromatic heterocycles. The summed E-state index contributed by atoms with van der Waals surface area (Å²) in [6.45, 7) is 2.07.